The van der Waals surface area contributed by atoms with Crippen LogP contribution in [0.25, 0.3) is 0 Å². The fourth-order valence-electron chi connectivity index (χ4n) is 1.45. The molecule has 0 atom stereocenters. The predicted octanol–water partition coefficient (Wildman–Crippen LogP) is 1.48. The summed E-state index contributed by atoms with van der Waals surface area (Å²) < 4.78 is 35.8. The number of hydrogen-bond acceptors (Lipinski definition) is 5. The molecule has 0 radical (unpaired) electrons. The number of carbonyl (C=O) groups excluding carboxylic acids is 1. The third-order valence-electron chi connectivity index (χ3n) is 2.27. The summed E-state index contributed by atoms with van der Waals surface area (Å²) in [6.45, 7) is 6.99. The standard InChI is InChI=1S/C11H21NO5S.H3N/c1-4-10(13)12-9-7-5-6-8-11(2,3)17-18(14,15)16;/h4H,1,5-9H2,2-3H3,(H,12,13)(H,14,15,16);1H3. The maximum Gasteiger partial charge on any atom is 0.243 e. The van der Waals surface area contributed by atoms with Crippen molar-refractivity contribution >= 4 is 16.3 Å². The van der Waals surface area contributed by atoms with Gasteiger partial charge in [0.25, 0.3) is 0 Å². The Labute approximate surface area is 114 Å². The van der Waals surface area contributed by atoms with E-state index in [0.29, 0.717) is 19.4 Å². The topological polar surface area (TPSA) is 132 Å². The Morgan fingerprint density at radius 3 is 2.42 bits per heavy atom. The van der Waals surface area contributed by atoms with Gasteiger partial charge in [-0.3, -0.25) is 8.98 Å². The lowest BCUT2D eigenvalue weighted by Gasteiger charge is -2.26. The lowest BCUT2D eigenvalue weighted by molar-refractivity contribution is -0.116. The van der Waals surface area contributed by atoms with Crippen molar-refractivity contribution in [3.05, 3.63) is 12.7 Å². The van der Waals surface area contributed by atoms with Crippen LogP contribution in [0, 0.1) is 0 Å². The van der Waals surface area contributed by atoms with Crippen LogP contribution in [0.2, 0.25) is 0 Å². The third kappa shape index (κ3) is 13.3. The van der Waals surface area contributed by atoms with Crippen LogP contribution in [0.3, 0.4) is 0 Å². The molecule has 0 aliphatic rings. The molecule has 1 amide bonds. The van der Waals surface area contributed by atoms with E-state index in [2.05, 4.69) is 16.1 Å². The van der Waals surface area contributed by atoms with Crippen molar-refractivity contribution in [2.24, 2.45) is 0 Å². The van der Waals surface area contributed by atoms with Crippen LogP contribution >= 0.6 is 0 Å². The van der Waals surface area contributed by atoms with E-state index < -0.39 is 16.0 Å². The molecular formula is C11H24N2O5S. The maximum absolute atomic E-state index is 10.8. The van der Waals surface area contributed by atoms with Crippen molar-refractivity contribution in [3.63, 3.8) is 0 Å². The van der Waals surface area contributed by atoms with Crippen LogP contribution in [0.5, 0.6) is 0 Å². The van der Waals surface area contributed by atoms with E-state index in [1.807, 2.05) is 0 Å². The normalized spacial score (nSPS) is 11.5. The molecule has 0 bridgehead atoms. The highest BCUT2D eigenvalue weighted by molar-refractivity contribution is 7.80. The molecule has 0 heterocycles. The molecule has 0 aromatic carbocycles. The molecule has 0 rings (SSSR count). The van der Waals surface area contributed by atoms with Crippen molar-refractivity contribution in [1.29, 1.82) is 0 Å². The van der Waals surface area contributed by atoms with Crippen LogP contribution < -0.4 is 11.5 Å². The molecule has 0 saturated heterocycles. The summed E-state index contributed by atoms with van der Waals surface area (Å²) in [6, 6.07) is 0. The smallest absolute Gasteiger partial charge is 0.243 e. The highest BCUT2D eigenvalue weighted by Gasteiger charge is 2.21. The van der Waals surface area contributed by atoms with E-state index in [4.69, 9.17) is 0 Å². The average Bonchev–Trinajstić information content (AvgIpc) is 2.19. The van der Waals surface area contributed by atoms with Gasteiger partial charge in [0, 0.05) is 6.54 Å². The van der Waals surface area contributed by atoms with Gasteiger partial charge in [-0.1, -0.05) is 19.4 Å². The maximum atomic E-state index is 10.8. The van der Waals surface area contributed by atoms with E-state index in [-0.39, 0.29) is 12.1 Å². The van der Waals surface area contributed by atoms with Gasteiger partial charge in [0.15, 0.2) is 0 Å². The first-order chi connectivity index (χ1) is 8.16. The minimum atomic E-state index is -4.66. The van der Waals surface area contributed by atoms with Crippen molar-refractivity contribution in [1.82, 2.24) is 11.5 Å². The van der Waals surface area contributed by atoms with Gasteiger partial charge in [-0.15, -0.1) is 0 Å². The predicted molar refractivity (Wildman–Crippen MR) is 72.5 cm³/mol. The SMILES string of the molecule is C=CC(=O)NCCCCCC(C)(C)OS(=O)(=O)[O-].[NH4+]. The minimum absolute atomic E-state index is 0. The van der Waals surface area contributed by atoms with E-state index in [1.54, 1.807) is 13.8 Å². The monoisotopic (exact) mass is 296 g/mol. The van der Waals surface area contributed by atoms with E-state index in [9.17, 15) is 17.8 Å². The number of hydrogen-bond donors (Lipinski definition) is 2. The van der Waals surface area contributed by atoms with Gasteiger partial charge < -0.3 is 16.0 Å². The number of nitrogens with one attached hydrogen (secondary N) is 1. The molecule has 0 unspecified atom stereocenters. The summed E-state index contributed by atoms with van der Waals surface area (Å²) in [7, 11) is -4.66. The zero-order valence-corrected chi connectivity index (χ0v) is 12.6. The van der Waals surface area contributed by atoms with Crippen molar-refractivity contribution in [2.75, 3.05) is 6.54 Å². The molecule has 19 heavy (non-hydrogen) atoms. The van der Waals surface area contributed by atoms with Gasteiger partial charge in [-0.2, -0.15) is 0 Å². The van der Waals surface area contributed by atoms with Crippen LogP contribution in [0.4, 0.5) is 0 Å². The molecular weight excluding hydrogens is 272 g/mol. The highest BCUT2D eigenvalue weighted by atomic mass is 32.3. The van der Waals surface area contributed by atoms with Gasteiger partial charge >= 0.3 is 0 Å². The molecule has 5 N–H and O–H groups in total. The third-order valence-corrected chi connectivity index (χ3v) is 2.92. The van der Waals surface area contributed by atoms with Gasteiger partial charge in [-0.25, -0.2) is 8.42 Å². The van der Waals surface area contributed by atoms with E-state index in [1.165, 1.54) is 6.08 Å². The van der Waals surface area contributed by atoms with E-state index in [0.717, 1.165) is 12.8 Å². The molecule has 7 nitrogen and oxygen atoms in total. The Balaban J connectivity index is 0. The summed E-state index contributed by atoms with van der Waals surface area (Å²) in [5.41, 5.74) is -0.981. The molecule has 0 aromatic rings. The van der Waals surface area contributed by atoms with Crippen molar-refractivity contribution in [3.8, 4) is 0 Å². The Kier molecular flexibility index (Phi) is 9.67. The minimum Gasteiger partial charge on any atom is -0.726 e. The molecule has 0 fully saturated rings. The Morgan fingerprint density at radius 2 is 1.95 bits per heavy atom. The first-order valence-electron chi connectivity index (χ1n) is 5.73. The summed E-state index contributed by atoms with van der Waals surface area (Å²) >= 11 is 0. The van der Waals surface area contributed by atoms with Gasteiger partial charge in [0.05, 0.1) is 5.60 Å². The molecule has 0 aliphatic carbocycles. The number of amides is 1. The summed E-state index contributed by atoms with van der Waals surface area (Å²) in [5, 5.41) is 2.63. The summed E-state index contributed by atoms with van der Waals surface area (Å²) in [5.74, 6) is -0.212. The molecule has 0 saturated carbocycles. The zero-order valence-electron chi connectivity index (χ0n) is 11.8. The Hall–Kier alpha value is -0.960. The van der Waals surface area contributed by atoms with Crippen LogP contribution in [-0.2, 0) is 19.4 Å². The first-order valence-corrected chi connectivity index (χ1v) is 7.06. The number of carbonyl (C=O) groups is 1. The lowest BCUT2D eigenvalue weighted by Crippen LogP contribution is -2.28. The first kappa shape index (κ1) is 20.4. The molecule has 0 aromatic heterocycles. The second kappa shape index (κ2) is 9.03. The van der Waals surface area contributed by atoms with Crippen LogP contribution in [0.15, 0.2) is 12.7 Å². The second-order valence-electron chi connectivity index (χ2n) is 4.56. The van der Waals surface area contributed by atoms with Gasteiger partial charge in [0.1, 0.15) is 0 Å². The fourth-order valence-corrected chi connectivity index (χ4v) is 2.09. The number of quaternary nitrogens is 1. The molecule has 0 spiro atoms. The molecule has 0 aliphatic heterocycles. The van der Waals surface area contributed by atoms with Crippen LogP contribution in [-0.4, -0.2) is 31.0 Å². The van der Waals surface area contributed by atoms with Gasteiger partial charge in [-0.05, 0) is 32.8 Å². The average molecular weight is 296 g/mol. The van der Waals surface area contributed by atoms with Crippen LogP contribution in [0.1, 0.15) is 39.5 Å². The Bertz CT molecular complexity index is 379. The van der Waals surface area contributed by atoms with Crippen molar-refractivity contribution in [2.45, 2.75) is 45.1 Å². The largest absolute Gasteiger partial charge is 0.726 e. The lowest BCUT2D eigenvalue weighted by atomic mass is 10.0. The fraction of sp³-hybridized carbons (Fsp3) is 0.727. The quantitative estimate of drug-likeness (QED) is 0.288. The van der Waals surface area contributed by atoms with E-state index >= 15 is 0 Å². The van der Waals surface area contributed by atoms with Crippen molar-refractivity contribution < 1.29 is 21.9 Å². The molecule has 8 heteroatoms. The van der Waals surface area contributed by atoms with Gasteiger partial charge in [0.2, 0.25) is 16.3 Å². The number of rotatable bonds is 9. The number of unbranched alkanes of at least 4 members (excludes halogenated alkanes) is 2. The Morgan fingerprint density at radius 1 is 1.37 bits per heavy atom. The summed E-state index contributed by atoms with van der Waals surface area (Å²) in [4.78, 5) is 10.8. The summed E-state index contributed by atoms with van der Waals surface area (Å²) in [6.07, 6.45) is 3.97. The zero-order chi connectivity index (χ0) is 14.2. The molecule has 114 valence electrons. The highest BCUT2D eigenvalue weighted by Crippen LogP contribution is 2.20. The second-order valence-corrected chi connectivity index (χ2v) is 5.54.